The van der Waals surface area contributed by atoms with Crippen molar-refractivity contribution in [2.75, 3.05) is 26.4 Å². The van der Waals surface area contributed by atoms with E-state index in [0.29, 0.717) is 28.6 Å². The minimum absolute atomic E-state index is 0.0263. The standard InChI is InChI=1S/C11H14ClNO3S/c12-10-2-1-8(17)7-9(10)11(15)13-3-5-16-6-4-14/h1-2,7,14,17H,3-6H2,(H,13,15). The van der Waals surface area contributed by atoms with Gasteiger partial charge in [0.25, 0.3) is 5.91 Å². The van der Waals surface area contributed by atoms with Gasteiger partial charge >= 0.3 is 0 Å². The van der Waals surface area contributed by atoms with Crippen LogP contribution < -0.4 is 5.32 Å². The zero-order valence-corrected chi connectivity index (χ0v) is 10.8. The van der Waals surface area contributed by atoms with E-state index < -0.39 is 0 Å². The summed E-state index contributed by atoms with van der Waals surface area (Å²) >= 11 is 10.0. The van der Waals surface area contributed by atoms with Crippen LogP contribution >= 0.6 is 24.2 Å². The van der Waals surface area contributed by atoms with Crippen LogP contribution in [0.1, 0.15) is 10.4 Å². The highest BCUT2D eigenvalue weighted by Crippen LogP contribution is 2.19. The highest BCUT2D eigenvalue weighted by atomic mass is 35.5. The fourth-order valence-electron chi connectivity index (χ4n) is 1.19. The molecule has 0 aliphatic rings. The smallest absolute Gasteiger partial charge is 0.252 e. The quantitative estimate of drug-likeness (QED) is 0.543. The predicted octanol–water partition coefficient (Wildman–Crippen LogP) is 1.37. The Morgan fingerprint density at radius 3 is 2.94 bits per heavy atom. The van der Waals surface area contributed by atoms with Crippen molar-refractivity contribution in [1.82, 2.24) is 5.32 Å². The van der Waals surface area contributed by atoms with E-state index >= 15 is 0 Å². The van der Waals surface area contributed by atoms with Gasteiger partial charge in [0, 0.05) is 11.4 Å². The third kappa shape index (κ3) is 4.95. The molecule has 0 bridgehead atoms. The lowest BCUT2D eigenvalue weighted by atomic mass is 10.2. The number of nitrogens with one attached hydrogen (secondary N) is 1. The van der Waals surface area contributed by atoms with Gasteiger partial charge in [-0.1, -0.05) is 11.6 Å². The first kappa shape index (κ1) is 14.3. The van der Waals surface area contributed by atoms with Crippen LogP contribution in [0.15, 0.2) is 23.1 Å². The molecule has 1 rings (SSSR count). The third-order valence-electron chi connectivity index (χ3n) is 1.96. The lowest BCUT2D eigenvalue weighted by Gasteiger charge is -2.07. The molecule has 1 aromatic carbocycles. The number of thiol groups is 1. The molecule has 0 fully saturated rings. The summed E-state index contributed by atoms with van der Waals surface area (Å²) in [6.07, 6.45) is 0. The highest BCUT2D eigenvalue weighted by Gasteiger charge is 2.09. The first-order valence-corrected chi connectivity index (χ1v) is 5.93. The lowest BCUT2D eigenvalue weighted by Crippen LogP contribution is -2.27. The maximum atomic E-state index is 11.7. The molecular formula is C11H14ClNO3S. The second kappa shape index (κ2) is 7.55. The Bertz CT molecular complexity index is 387. The molecular weight excluding hydrogens is 262 g/mol. The number of aliphatic hydroxyl groups is 1. The van der Waals surface area contributed by atoms with Crippen LogP contribution in [-0.2, 0) is 4.74 Å². The van der Waals surface area contributed by atoms with Crippen LogP contribution in [-0.4, -0.2) is 37.4 Å². The zero-order valence-electron chi connectivity index (χ0n) is 9.15. The van der Waals surface area contributed by atoms with Gasteiger partial charge in [0.15, 0.2) is 0 Å². The van der Waals surface area contributed by atoms with Crippen LogP contribution in [0.4, 0.5) is 0 Å². The van der Waals surface area contributed by atoms with Gasteiger partial charge in [-0.3, -0.25) is 4.79 Å². The number of aliphatic hydroxyl groups excluding tert-OH is 1. The van der Waals surface area contributed by atoms with Crippen molar-refractivity contribution in [3.8, 4) is 0 Å². The largest absolute Gasteiger partial charge is 0.394 e. The molecule has 1 amide bonds. The average Bonchev–Trinajstić information content (AvgIpc) is 2.32. The number of halogens is 1. The number of rotatable bonds is 6. The number of carbonyl (C=O) groups excluding carboxylic acids is 1. The fraction of sp³-hybridized carbons (Fsp3) is 0.364. The second-order valence-corrected chi connectivity index (χ2v) is 4.18. The Balaban J connectivity index is 2.44. The third-order valence-corrected chi connectivity index (χ3v) is 2.57. The Morgan fingerprint density at radius 1 is 1.47 bits per heavy atom. The molecule has 0 radical (unpaired) electrons. The summed E-state index contributed by atoms with van der Waals surface area (Å²) < 4.78 is 5.01. The van der Waals surface area contributed by atoms with Crippen molar-refractivity contribution in [3.05, 3.63) is 28.8 Å². The maximum absolute atomic E-state index is 11.7. The molecule has 17 heavy (non-hydrogen) atoms. The summed E-state index contributed by atoms with van der Waals surface area (Å²) in [5, 5.41) is 11.5. The van der Waals surface area contributed by atoms with Crippen LogP contribution in [0.5, 0.6) is 0 Å². The monoisotopic (exact) mass is 275 g/mol. The van der Waals surface area contributed by atoms with E-state index in [0.717, 1.165) is 0 Å². The molecule has 0 aliphatic heterocycles. The summed E-state index contributed by atoms with van der Waals surface area (Å²) in [7, 11) is 0. The Kier molecular flexibility index (Phi) is 6.36. The molecule has 2 N–H and O–H groups in total. The van der Waals surface area contributed by atoms with Crippen LogP contribution in [0, 0.1) is 0 Å². The number of hydrogen-bond donors (Lipinski definition) is 3. The topological polar surface area (TPSA) is 58.6 Å². The summed E-state index contributed by atoms with van der Waals surface area (Å²) in [6, 6.07) is 4.95. The van der Waals surface area contributed by atoms with Crippen molar-refractivity contribution < 1.29 is 14.6 Å². The van der Waals surface area contributed by atoms with Gasteiger partial charge in [-0.2, -0.15) is 0 Å². The van der Waals surface area contributed by atoms with Gasteiger partial charge in [-0.15, -0.1) is 12.6 Å². The number of benzene rings is 1. The number of amides is 1. The van der Waals surface area contributed by atoms with E-state index in [1.807, 2.05) is 0 Å². The molecule has 0 saturated heterocycles. The molecule has 0 aromatic heterocycles. The van der Waals surface area contributed by atoms with Gasteiger partial charge < -0.3 is 15.2 Å². The fourth-order valence-corrected chi connectivity index (χ4v) is 1.59. The van der Waals surface area contributed by atoms with Crippen LogP contribution in [0.3, 0.4) is 0 Å². The molecule has 0 heterocycles. The van der Waals surface area contributed by atoms with E-state index in [1.165, 1.54) is 0 Å². The molecule has 94 valence electrons. The lowest BCUT2D eigenvalue weighted by molar-refractivity contribution is 0.0838. The first-order valence-electron chi connectivity index (χ1n) is 5.10. The highest BCUT2D eigenvalue weighted by molar-refractivity contribution is 7.80. The molecule has 4 nitrogen and oxygen atoms in total. The molecule has 0 atom stereocenters. The predicted molar refractivity (Wildman–Crippen MR) is 68.9 cm³/mol. The number of hydrogen-bond acceptors (Lipinski definition) is 4. The van der Waals surface area contributed by atoms with Gasteiger partial charge in [-0.05, 0) is 18.2 Å². The van der Waals surface area contributed by atoms with Crippen molar-refractivity contribution in [2.24, 2.45) is 0 Å². The Morgan fingerprint density at radius 2 is 2.24 bits per heavy atom. The van der Waals surface area contributed by atoms with E-state index in [4.69, 9.17) is 21.4 Å². The maximum Gasteiger partial charge on any atom is 0.252 e. The normalized spacial score (nSPS) is 10.3. The molecule has 1 aromatic rings. The molecule has 0 spiro atoms. The minimum Gasteiger partial charge on any atom is -0.394 e. The summed E-state index contributed by atoms with van der Waals surface area (Å²) in [5.41, 5.74) is 0.390. The molecule has 6 heteroatoms. The second-order valence-electron chi connectivity index (χ2n) is 3.26. The van der Waals surface area contributed by atoms with Crippen molar-refractivity contribution >= 4 is 30.1 Å². The van der Waals surface area contributed by atoms with Gasteiger partial charge in [-0.25, -0.2) is 0 Å². The number of ether oxygens (including phenoxy) is 1. The van der Waals surface area contributed by atoms with Crippen LogP contribution in [0.25, 0.3) is 0 Å². The Labute approximate surface area is 110 Å². The minimum atomic E-state index is -0.265. The molecule has 0 aliphatic carbocycles. The van der Waals surface area contributed by atoms with Gasteiger partial charge in [0.1, 0.15) is 0 Å². The van der Waals surface area contributed by atoms with Crippen molar-refractivity contribution in [3.63, 3.8) is 0 Å². The van der Waals surface area contributed by atoms with Gasteiger partial charge in [0.05, 0.1) is 30.4 Å². The van der Waals surface area contributed by atoms with Crippen LogP contribution in [0.2, 0.25) is 5.02 Å². The van der Waals surface area contributed by atoms with Crippen molar-refractivity contribution in [1.29, 1.82) is 0 Å². The molecule has 0 unspecified atom stereocenters. The van der Waals surface area contributed by atoms with Crippen molar-refractivity contribution in [2.45, 2.75) is 4.90 Å². The van der Waals surface area contributed by atoms with E-state index in [9.17, 15) is 4.79 Å². The summed E-state index contributed by atoms with van der Waals surface area (Å²) in [6.45, 7) is 0.959. The van der Waals surface area contributed by atoms with E-state index in [2.05, 4.69) is 17.9 Å². The van der Waals surface area contributed by atoms with Gasteiger partial charge in [0.2, 0.25) is 0 Å². The Hall–Kier alpha value is -0.750. The summed E-state index contributed by atoms with van der Waals surface area (Å²) in [4.78, 5) is 12.4. The zero-order chi connectivity index (χ0) is 12.7. The average molecular weight is 276 g/mol. The first-order chi connectivity index (χ1) is 8.15. The van der Waals surface area contributed by atoms with E-state index in [1.54, 1.807) is 18.2 Å². The summed E-state index contributed by atoms with van der Waals surface area (Å²) in [5.74, 6) is -0.265. The van der Waals surface area contributed by atoms with E-state index in [-0.39, 0.29) is 19.1 Å². The number of carbonyl (C=O) groups is 1. The SMILES string of the molecule is O=C(NCCOCCO)c1cc(S)ccc1Cl. The molecule has 0 saturated carbocycles.